The van der Waals surface area contributed by atoms with Gasteiger partial charge in [-0.2, -0.15) is 5.06 Å². The van der Waals surface area contributed by atoms with Crippen LogP contribution in [0.25, 0.3) is 0 Å². The molecule has 26 heavy (non-hydrogen) atoms. The van der Waals surface area contributed by atoms with Gasteiger partial charge in [-0.1, -0.05) is 6.42 Å². The maximum absolute atomic E-state index is 12.3. The maximum Gasteiger partial charge on any atom is 0.337 e. The molecule has 0 aromatic rings. The lowest BCUT2D eigenvalue weighted by atomic mass is 9.96. The number of aldehydes is 1. The highest BCUT2D eigenvalue weighted by atomic mass is 16.7. The third-order valence-electron chi connectivity index (χ3n) is 4.36. The summed E-state index contributed by atoms with van der Waals surface area (Å²) in [6, 6.07) is 0. The topological polar surface area (TPSA) is 127 Å². The van der Waals surface area contributed by atoms with Crippen molar-refractivity contribution >= 4 is 35.9 Å². The van der Waals surface area contributed by atoms with Crippen LogP contribution in [-0.2, 0) is 38.4 Å². The number of hydrogen-bond acceptors (Lipinski definition) is 8. The number of hydroxylamine groups is 4. The molecule has 0 bridgehead atoms. The van der Waals surface area contributed by atoms with Crippen molar-refractivity contribution in [3.05, 3.63) is 0 Å². The average molecular weight is 368 g/mol. The number of hydrogen-bond donors (Lipinski definition) is 0. The number of nitrogens with zero attached hydrogens (tertiary/aromatic N) is 2. The summed E-state index contributed by atoms with van der Waals surface area (Å²) in [5.74, 6) is -5.05. The van der Waals surface area contributed by atoms with Crippen LogP contribution in [0.5, 0.6) is 0 Å². The maximum atomic E-state index is 12.3. The first-order valence-corrected chi connectivity index (χ1v) is 8.34. The quantitative estimate of drug-likeness (QED) is 0.361. The van der Waals surface area contributed by atoms with Crippen molar-refractivity contribution < 1.29 is 38.4 Å². The first-order valence-electron chi connectivity index (χ1n) is 8.34. The number of carbonyl (C=O) groups excluding carboxylic acids is 6. The van der Waals surface area contributed by atoms with Crippen molar-refractivity contribution in [3.8, 4) is 0 Å². The third-order valence-corrected chi connectivity index (χ3v) is 4.36. The minimum Gasteiger partial charge on any atom is -0.338 e. The van der Waals surface area contributed by atoms with Gasteiger partial charge < -0.3 is 14.5 Å². The van der Waals surface area contributed by atoms with E-state index in [-0.39, 0.29) is 25.7 Å². The van der Waals surface area contributed by atoms with Gasteiger partial charge in [0.2, 0.25) is 0 Å². The van der Waals surface area contributed by atoms with E-state index in [2.05, 4.69) is 0 Å². The van der Waals surface area contributed by atoms with Gasteiger partial charge in [-0.3, -0.25) is 14.4 Å². The van der Waals surface area contributed by atoms with Crippen LogP contribution >= 0.6 is 0 Å². The van der Waals surface area contributed by atoms with E-state index in [9.17, 15) is 28.8 Å². The molecule has 0 spiro atoms. The van der Waals surface area contributed by atoms with Crippen molar-refractivity contribution in [3.63, 3.8) is 0 Å². The second-order valence-electron chi connectivity index (χ2n) is 6.14. The molecular weight excluding hydrogens is 348 g/mol. The van der Waals surface area contributed by atoms with Crippen molar-refractivity contribution in [2.24, 2.45) is 11.8 Å². The summed E-state index contributed by atoms with van der Waals surface area (Å²) in [5.41, 5.74) is 0. The first-order chi connectivity index (χ1) is 12.3. The molecule has 2 atom stereocenters. The Labute approximate surface area is 149 Å². The van der Waals surface area contributed by atoms with E-state index in [1.54, 1.807) is 0 Å². The van der Waals surface area contributed by atoms with Gasteiger partial charge in [-0.05, 0) is 12.8 Å². The van der Waals surface area contributed by atoms with Crippen molar-refractivity contribution in [2.45, 2.75) is 44.9 Å². The lowest BCUT2D eigenvalue weighted by Gasteiger charge is -2.22. The summed E-state index contributed by atoms with van der Waals surface area (Å²) < 4.78 is 0. The summed E-state index contributed by atoms with van der Waals surface area (Å²) in [4.78, 5) is 79.4. The van der Waals surface area contributed by atoms with E-state index in [1.165, 1.54) is 7.05 Å². The van der Waals surface area contributed by atoms with Crippen LogP contribution in [0.1, 0.15) is 44.9 Å². The number of amides is 3. The number of rotatable bonds is 6. The second kappa shape index (κ2) is 8.54. The predicted octanol–water partition coefficient (Wildman–Crippen LogP) is -0.0944. The molecule has 0 aromatic carbocycles. The van der Waals surface area contributed by atoms with Crippen molar-refractivity contribution in [1.82, 2.24) is 10.1 Å². The molecule has 1 saturated heterocycles. The van der Waals surface area contributed by atoms with E-state index in [1.807, 2.05) is 0 Å². The van der Waals surface area contributed by atoms with Gasteiger partial charge in [-0.25, -0.2) is 9.59 Å². The first kappa shape index (κ1) is 19.5. The lowest BCUT2D eigenvalue weighted by Crippen LogP contribution is -2.39. The molecule has 2 rings (SSSR count). The van der Waals surface area contributed by atoms with Crippen LogP contribution < -0.4 is 0 Å². The zero-order valence-corrected chi connectivity index (χ0v) is 14.3. The average Bonchev–Trinajstić information content (AvgIpc) is 3.21. The van der Waals surface area contributed by atoms with Crippen LogP contribution in [0.3, 0.4) is 0 Å². The van der Waals surface area contributed by atoms with Crippen LogP contribution in [0.2, 0.25) is 0 Å². The van der Waals surface area contributed by atoms with Crippen molar-refractivity contribution in [1.29, 1.82) is 0 Å². The largest absolute Gasteiger partial charge is 0.338 e. The molecule has 142 valence electrons. The number of carbonyl (C=O) groups is 6. The molecular formula is C16H20N2O8. The van der Waals surface area contributed by atoms with Gasteiger partial charge in [0.1, 0.15) is 6.29 Å². The summed E-state index contributed by atoms with van der Waals surface area (Å²) >= 11 is 0. The van der Waals surface area contributed by atoms with E-state index < -0.39 is 41.5 Å². The lowest BCUT2D eigenvalue weighted by molar-refractivity contribution is -0.206. The molecule has 10 nitrogen and oxygen atoms in total. The molecule has 1 aliphatic heterocycles. The Kier molecular flexibility index (Phi) is 6.42. The normalized spacial score (nSPS) is 22.3. The zero-order chi connectivity index (χ0) is 19.3. The van der Waals surface area contributed by atoms with Gasteiger partial charge in [0.25, 0.3) is 17.7 Å². The minimum atomic E-state index is -0.859. The van der Waals surface area contributed by atoms with Gasteiger partial charge in [0.15, 0.2) is 0 Å². The zero-order valence-electron chi connectivity index (χ0n) is 14.3. The fraction of sp³-hybridized carbons (Fsp3) is 0.625. The molecule has 0 aromatic heterocycles. The highest BCUT2D eigenvalue weighted by Crippen LogP contribution is 2.34. The Morgan fingerprint density at radius 1 is 1.12 bits per heavy atom. The highest BCUT2D eigenvalue weighted by Gasteiger charge is 2.43. The highest BCUT2D eigenvalue weighted by molar-refractivity contribution is 6.01. The Hall–Kier alpha value is -2.78. The van der Waals surface area contributed by atoms with Crippen LogP contribution in [0.4, 0.5) is 0 Å². The molecule has 1 heterocycles. The van der Waals surface area contributed by atoms with Crippen LogP contribution in [0.15, 0.2) is 0 Å². The Morgan fingerprint density at radius 2 is 1.69 bits per heavy atom. The second-order valence-corrected chi connectivity index (χ2v) is 6.14. The summed E-state index contributed by atoms with van der Waals surface area (Å²) in [6.07, 6.45) is 1.72. The van der Waals surface area contributed by atoms with Gasteiger partial charge in [-0.15, -0.1) is 5.06 Å². The van der Waals surface area contributed by atoms with Gasteiger partial charge >= 0.3 is 11.9 Å². The Balaban J connectivity index is 1.93. The fourth-order valence-corrected chi connectivity index (χ4v) is 2.93. The van der Waals surface area contributed by atoms with E-state index in [0.717, 1.165) is 5.06 Å². The summed E-state index contributed by atoms with van der Waals surface area (Å²) in [5, 5.41) is 1.18. The Morgan fingerprint density at radius 3 is 2.27 bits per heavy atom. The van der Waals surface area contributed by atoms with Gasteiger partial charge in [0.05, 0.1) is 11.8 Å². The minimum absolute atomic E-state index is 0.0109. The molecule has 0 N–H and O–H groups in total. The molecule has 2 aliphatic rings. The van der Waals surface area contributed by atoms with E-state index in [4.69, 9.17) is 9.68 Å². The summed E-state index contributed by atoms with van der Waals surface area (Å²) in [6.45, 7) is 0. The summed E-state index contributed by atoms with van der Waals surface area (Å²) in [7, 11) is 1.24. The number of imide groups is 1. The fourth-order valence-electron chi connectivity index (χ4n) is 2.93. The molecule has 0 radical (unpaired) electrons. The van der Waals surface area contributed by atoms with Crippen LogP contribution in [0, 0.1) is 11.8 Å². The smallest absolute Gasteiger partial charge is 0.337 e. The van der Waals surface area contributed by atoms with E-state index >= 15 is 0 Å². The predicted molar refractivity (Wildman–Crippen MR) is 82.2 cm³/mol. The molecule has 10 heteroatoms. The molecule has 1 aliphatic carbocycles. The molecule has 3 amide bonds. The standard InChI is InChI=1S/C16H20N2O8/c1-17(12(20)6-3-9-19)25-15(23)10-4-2-5-11(10)16(24)26-18-13(21)7-8-14(18)22/h9-11H,2-8H2,1H3. The molecule has 2 fully saturated rings. The Bertz CT molecular complexity index is 616. The van der Waals surface area contributed by atoms with Gasteiger partial charge in [0, 0.05) is 32.7 Å². The SMILES string of the molecule is CN(OC(=O)C1CCCC1C(=O)ON1C(=O)CCC1=O)C(=O)CCC=O. The van der Waals surface area contributed by atoms with Crippen LogP contribution in [-0.4, -0.2) is 53.1 Å². The third kappa shape index (κ3) is 4.44. The van der Waals surface area contributed by atoms with E-state index in [0.29, 0.717) is 30.6 Å². The molecule has 2 unspecified atom stereocenters. The van der Waals surface area contributed by atoms with Crippen molar-refractivity contribution in [2.75, 3.05) is 7.05 Å². The molecule has 1 saturated carbocycles. The monoisotopic (exact) mass is 368 g/mol.